The zero-order chi connectivity index (χ0) is 40.6. The number of aryl methyl sites for hydroxylation is 3. The van der Waals surface area contributed by atoms with E-state index in [-0.39, 0.29) is 12.1 Å². The first-order chi connectivity index (χ1) is 30.0. The lowest BCUT2D eigenvalue weighted by atomic mass is 9.33. The van der Waals surface area contributed by atoms with Crippen LogP contribution in [0, 0.1) is 20.8 Å². The van der Waals surface area contributed by atoms with E-state index in [4.69, 9.17) is 0 Å². The summed E-state index contributed by atoms with van der Waals surface area (Å²) in [6.07, 6.45) is 0. The molecule has 9 aromatic rings. The summed E-state index contributed by atoms with van der Waals surface area (Å²) >= 11 is 0. The molecule has 4 aliphatic rings. The van der Waals surface area contributed by atoms with E-state index in [2.05, 4.69) is 225 Å². The Morgan fingerprint density at radius 3 is 1.41 bits per heavy atom. The smallest absolute Gasteiger partial charge is 0.252 e. The molecule has 0 N–H and O–H groups in total. The molecule has 0 saturated carbocycles. The van der Waals surface area contributed by atoms with E-state index in [0.717, 1.165) is 0 Å². The maximum Gasteiger partial charge on any atom is 0.252 e. The van der Waals surface area contributed by atoms with Gasteiger partial charge in [0.1, 0.15) is 0 Å². The van der Waals surface area contributed by atoms with Crippen LogP contribution in [-0.4, -0.2) is 6.71 Å². The van der Waals surface area contributed by atoms with Gasteiger partial charge in [0, 0.05) is 34.1 Å². The summed E-state index contributed by atoms with van der Waals surface area (Å²) in [6.45, 7) is 6.70. The lowest BCUT2D eigenvalue weighted by molar-refractivity contribution is 0.794. The van der Waals surface area contributed by atoms with Gasteiger partial charge in [0.05, 0.1) is 5.41 Å². The van der Waals surface area contributed by atoms with Crippen LogP contribution >= 0.6 is 0 Å². The molecule has 2 nitrogen and oxygen atoms in total. The molecule has 0 aromatic heterocycles. The molecule has 0 saturated heterocycles. The number of fused-ring (bicyclic) bond motifs is 14. The van der Waals surface area contributed by atoms with Gasteiger partial charge in [-0.1, -0.05) is 146 Å². The Bertz CT molecular complexity index is 3280. The summed E-state index contributed by atoms with van der Waals surface area (Å²) in [5, 5.41) is 0. The summed E-state index contributed by atoms with van der Waals surface area (Å²) in [4.78, 5) is 5.12. The van der Waals surface area contributed by atoms with E-state index in [1.165, 1.54) is 123 Å². The van der Waals surface area contributed by atoms with Gasteiger partial charge in [0.25, 0.3) is 6.71 Å². The maximum atomic E-state index is 2.59. The minimum Gasteiger partial charge on any atom is -0.311 e. The molecule has 9 aromatic carbocycles. The molecule has 0 unspecified atom stereocenters. The molecule has 0 fully saturated rings. The predicted octanol–water partition coefficient (Wildman–Crippen LogP) is 12.7. The second-order valence-electron chi connectivity index (χ2n) is 17.5. The van der Waals surface area contributed by atoms with Crippen LogP contribution in [0.1, 0.15) is 38.9 Å². The highest BCUT2D eigenvalue weighted by Gasteiger charge is 2.52. The summed E-state index contributed by atoms with van der Waals surface area (Å²) < 4.78 is 0. The van der Waals surface area contributed by atoms with Gasteiger partial charge < -0.3 is 9.80 Å². The summed E-state index contributed by atoms with van der Waals surface area (Å²) in [5.74, 6) is 0. The first-order valence-electron chi connectivity index (χ1n) is 21.5. The van der Waals surface area contributed by atoms with E-state index in [1.54, 1.807) is 0 Å². The summed E-state index contributed by atoms with van der Waals surface area (Å²) in [5.41, 5.74) is 27.7. The van der Waals surface area contributed by atoms with Crippen LogP contribution in [0.3, 0.4) is 0 Å². The molecule has 0 bridgehead atoms. The fourth-order valence-electron chi connectivity index (χ4n) is 11.6. The SMILES string of the molecule is Cc1cccc(N2c3cc(C)ccc3B3c4ccc(C)cc4N(c4ccc5c(c4)-c4ccccc4C54c5ccccc5-c5ccccc54)c4cc(-c5ccccc5)cc2c43)c1. The molecule has 286 valence electrons. The molecular formula is C58H41BN2. The Hall–Kier alpha value is -7.36. The van der Waals surface area contributed by atoms with Crippen LogP contribution in [0.2, 0.25) is 0 Å². The van der Waals surface area contributed by atoms with Crippen molar-refractivity contribution in [1.82, 2.24) is 0 Å². The molecule has 0 atom stereocenters. The Morgan fingerprint density at radius 1 is 0.344 bits per heavy atom. The normalized spacial score (nSPS) is 14.2. The number of anilines is 6. The second kappa shape index (κ2) is 12.6. The summed E-state index contributed by atoms with van der Waals surface area (Å²) in [7, 11) is 0. The molecule has 0 radical (unpaired) electrons. The molecule has 0 amide bonds. The predicted molar refractivity (Wildman–Crippen MR) is 256 cm³/mol. The van der Waals surface area contributed by atoms with Crippen molar-refractivity contribution in [3.05, 3.63) is 233 Å². The van der Waals surface area contributed by atoms with Crippen molar-refractivity contribution in [3.63, 3.8) is 0 Å². The van der Waals surface area contributed by atoms with Crippen molar-refractivity contribution in [2.45, 2.75) is 26.2 Å². The van der Waals surface area contributed by atoms with Gasteiger partial charge in [-0.25, -0.2) is 0 Å². The quantitative estimate of drug-likeness (QED) is 0.165. The van der Waals surface area contributed by atoms with Gasteiger partial charge in [-0.2, -0.15) is 0 Å². The van der Waals surface area contributed by atoms with Crippen molar-refractivity contribution >= 4 is 57.2 Å². The minimum absolute atomic E-state index is 0.0586. The lowest BCUT2D eigenvalue weighted by Crippen LogP contribution is -2.61. The fourth-order valence-corrected chi connectivity index (χ4v) is 11.6. The number of nitrogens with zero attached hydrogens (tertiary/aromatic N) is 2. The van der Waals surface area contributed by atoms with Crippen LogP contribution in [0.15, 0.2) is 194 Å². The first kappa shape index (κ1) is 34.5. The third-order valence-corrected chi connectivity index (χ3v) is 14.0. The average molecular weight is 777 g/mol. The average Bonchev–Trinajstić information content (AvgIpc) is 3.76. The largest absolute Gasteiger partial charge is 0.311 e. The van der Waals surface area contributed by atoms with Gasteiger partial charge in [0.2, 0.25) is 0 Å². The third kappa shape index (κ3) is 4.64. The van der Waals surface area contributed by atoms with Crippen molar-refractivity contribution in [2.75, 3.05) is 9.80 Å². The Labute approximate surface area is 358 Å². The molecule has 61 heavy (non-hydrogen) atoms. The summed E-state index contributed by atoms with van der Waals surface area (Å²) in [6, 6.07) is 73.7. The van der Waals surface area contributed by atoms with E-state index >= 15 is 0 Å². The highest BCUT2D eigenvalue weighted by atomic mass is 15.2. The van der Waals surface area contributed by atoms with Crippen LogP contribution in [-0.2, 0) is 5.41 Å². The Kier molecular flexibility index (Phi) is 7.12. The zero-order valence-electron chi connectivity index (χ0n) is 34.4. The molecule has 3 heteroatoms. The monoisotopic (exact) mass is 776 g/mol. The van der Waals surface area contributed by atoms with Crippen LogP contribution < -0.4 is 26.2 Å². The Morgan fingerprint density at radius 2 is 0.836 bits per heavy atom. The van der Waals surface area contributed by atoms with Crippen LogP contribution in [0.4, 0.5) is 34.1 Å². The number of hydrogen-bond acceptors (Lipinski definition) is 2. The minimum atomic E-state index is -0.387. The van der Waals surface area contributed by atoms with E-state index in [0.29, 0.717) is 0 Å². The van der Waals surface area contributed by atoms with Gasteiger partial charge >= 0.3 is 0 Å². The maximum absolute atomic E-state index is 2.59. The first-order valence-corrected chi connectivity index (χ1v) is 21.5. The topological polar surface area (TPSA) is 6.48 Å². The molecule has 13 rings (SSSR count). The zero-order valence-corrected chi connectivity index (χ0v) is 34.4. The standard InChI is InChI=1S/C58H41BN2/c1-36-14-13-17-41(30-36)60-53-31-37(2)24-28-51(53)59-52-29-25-38(3)32-54(52)61(56-34-40(33-55(60)57(56)59)39-15-5-4-6-16-39)42-26-27-50-46(35-42)45-20-9-12-23-49(45)58(50)47-21-10-7-18-43(47)44-19-8-11-22-48(44)58/h4-35H,1-3H3. The number of rotatable bonds is 3. The van der Waals surface area contributed by atoms with Gasteiger partial charge in [-0.05, 0) is 158 Å². The fraction of sp³-hybridized carbons (Fsp3) is 0.0690. The molecule has 2 heterocycles. The van der Waals surface area contributed by atoms with Crippen molar-refractivity contribution in [1.29, 1.82) is 0 Å². The third-order valence-electron chi connectivity index (χ3n) is 14.0. The van der Waals surface area contributed by atoms with E-state index < -0.39 is 0 Å². The van der Waals surface area contributed by atoms with Crippen LogP contribution in [0.25, 0.3) is 33.4 Å². The highest BCUT2D eigenvalue weighted by molar-refractivity contribution is 7.00. The van der Waals surface area contributed by atoms with Crippen molar-refractivity contribution in [2.24, 2.45) is 0 Å². The van der Waals surface area contributed by atoms with Crippen molar-refractivity contribution < 1.29 is 0 Å². The number of hydrogen-bond donors (Lipinski definition) is 0. The van der Waals surface area contributed by atoms with Crippen molar-refractivity contribution in [3.8, 4) is 33.4 Å². The van der Waals surface area contributed by atoms with Gasteiger partial charge in [0.15, 0.2) is 0 Å². The van der Waals surface area contributed by atoms with Crippen LogP contribution in [0.5, 0.6) is 0 Å². The van der Waals surface area contributed by atoms with E-state index in [1.807, 2.05) is 0 Å². The van der Waals surface area contributed by atoms with Gasteiger partial charge in [-0.15, -0.1) is 0 Å². The molecule has 2 aliphatic heterocycles. The van der Waals surface area contributed by atoms with Gasteiger partial charge in [-0.3, -0.25) is 0 Å². The highest BCUT2D eigenvalue weighted by Crippen LogP contribution is 2.63. The molecule has 2 aliphatic carbocycles. The molecular weight excluding hydrogens is 735 g/mol. The lowest BCUT2D eigenvalue weighted by Gasteiger charge is -2.44. The molecule has 1 spiro atoms. The number of benzene rings is 9. The van der Waals surface area contributed by atoms with E-state index in [9.17, 15) is 0 Å². The second-order valence-corrected chi connectivity index (χ2v) is 17.5. The Balaban J connectivity index is 1.11.